The highest BCUT2D eigenvalue weighted by Gasteiger charge is 2.32. The molecule has 0 aromatic heterocycles. The maximum Gasteiger partial charge on any atom is 0.0495 e. The highest BCUT2D eigenvalue weighted by molar-refractivity contribution is 5.64. The lowest BCUT2D eigenvalue weighted by atomic mass is 9.77. The third kappa shape index (κ3) is 5.24. The molecule has 0 aliphatic heterocycles. The van der Waals surface area contributed by atoms with E-state index in [1.807, 2.05) is 0 Å². The quantitative estimate of drug-likeness (QED) is 0.305. The first-order valence-corrected chi connectivity index (χ1v) is 11.8. The van der Waals surface area contributed by atoms with Gasteiger partial charge in [0, 0.05) is 36.2 Å². The second-order valence-corrected chi connectivity index (χ2v) is 9.03. The minimum absolute atomic E-state index is 0.268. The van der Waals surface area contributed by atoms with Gasteiger partial charge in [0.25, 0.3) is 0 Å². The summed E-state index contributed by atoms with van der Waals surface area (Å²) >= 11 is 0. The fraction of sp³-hybridized carbons (Fsp3) is 0.333. The van der Waals surface area contributed by atoms with Crippen molar-refractivity contribution in [3.8, 4) is 0 Å². The van der Waals surface area contributed by atoms with Gasteiger partial charge in [-0.25, -0.2) is 0 Å². The van der Waals surface area contributed by atoms with E-state index < -0.39 is 0 Å². The van der Waals surface area contributed by atoms with Crippen LogP contribution in [0.15, 0.2) is 104 Å². The van der Waals surface area contributed by atoms with Crippen LogP contribution in [0, 0.1) is 17.8 Å². The van der Waals surface area contributed by atoms with Crippen LogP contribution < -0.4 is 9.80 Å². The maximum atomic E-state index is 4.19. The molecule has 2 nitrogen and oxygen atoms in total. The van der Waals surface area contributed by atoms with Crippen LogP contribution in [0.4, 0.5) is 17.1 Å². The van der Waals surface area contributed by atoms with E-state index in [9.17, 15) is 0 Å². The zero-order valence-corrected chi connectivity index (χ0v) is 20.2. The normalized spacial score (nSPS) is 15.8. The van der Waals surface area contributed by atoms with Gasteiger partial charge in [-0.3, -0.25) is 0 Å². The Morgan fingerprint density at radius 1 is 0.594 bits per heavy atom. The molecular weight excluding hydrogens is 388 g/mol. The Balaban J connectivity index is 1.84. The third-order valence-electron chi connectivity index (χ3n) is 7.29. The lowest BCUT2D eigenvalue weighted by Gasteiger charge is -2.42. The molecule has 2 heteroatoms. The third-order valence-corrected chi connectivity index (χ3v) is 7.29. The first kappa shape index (κ1) is 23.7. The highest BCUT2D eigenvalue weighted by Crippen LogP contribution is 2.36. The van der Waals surface area contributed by atoms with Crippen LogP contribution in [0.1, 0.15) is 27.7 Å². The van der Waals surface area contributed by atoms with E-state index in [-0.39, 0.29) is 6.04 Å². The predicted molar refractivity (Wildman–Crippen MR) is 141 cm³/mol. The van der Waals surface area contributed by atoms with Gasteiger partial charge in [-0.2, -0.15) is 0 Å². The van der Waals surface area contributed by atoms with E-state index in [1.54, 1.807) is 0 Å². The molecule has 168 valence electrons. The standard InChI is InChI=1S/C30H38N2/c1-7-30(31(6)27-17-11-8-12-18-27)25(4)23(2)24(3)26(5)32(28-19-13-9-14-20-28)29-21-15-10-16-22-29/h7-26,30H,1H2,2-6H3/t23-,24-,25-,26-,30?/m0/s1. The van der Waals surface area contributed by atoms with E-state index in [0.717, 1.165) is 0 Å². The fourth-order valence-electron chi connectivity index (χ4n) is 4.82. The summed E-state index contributed by atoms with van der Waals surface area (Å²) in [6.45, 7) is 13.7. The van der Waals surface area contributed by atoms with Crippen molar-refractivity contribution in [3.63, 3.8) is 0 Å². The van der Waals surface area contributed by atoms with Crippen molar-refractivity contribution in [1.82, 2.24) is 0 Å². The van der Waals surface area contributed by atoms with Crippen molar-refractivity contribution in [2.75, 3.05) is 16.8 Å². The molecule has 3 aromatic carbocycles. The van der Waals surface area contributed by atoms with E-state index in [1.165, 1.54) is 17.1 Å². The second-order valence-electron chi connectivity index (χ2n) is 9.03. The number of likely N-dealkylation sites (N-methyl/N-ethyl adjacent to an activating group) is 1. The Kier molecular flexibility index (Phi) is 8.16. The zero-order chi connectivity index (χ0) is 23.1. The topological polar surface area (TPSA) is 6.48 Å². The van der Waals surface area contributed by atoms with Crippen molar-refractivity contribution in [3.05, 3.63) is 104 Å². The van der Waals surface area contributed by atoms with E-state index in [2.05, 4.69) is 148 Å². The zero-order valence-electron chi connectivity index (χ0n) is 20.2. The summed E-state index contributed by atoms with van der Waals surface area (Å²) in [7, 11) is 2.18. The highest BCUT2D eigenvalue weighted by atomic mass is 15.2. The number of rotatable bonds is 10. The van der Waals surface area contributed by atoms with Gasteiger partial charge < -0.3 is 9.80 Å². The Hall–Kier alpha value is -3.00. The second kappa shape index (κ2) is 11.0. The minimum atomic E-state index is 0.268. The molecule has 0 aliphatic rings. The number of benzene rings is 3. The molecule has 3 rings (SSSR count). The van der Waals surface area contributed by atoms with Gasteiger partial charge in [0.1, 0.15) is 0 Å². The summed E-state index contributed by atoms with van der Waals surface area (Å²) < 4.78 is 0. The molecule has 0 N–H and O–H groups in total. The summed E-state index contributed by atoms with van der Waals surface area (Å²) in [4.78, 5) is 4.84. The Bertz CT molecular complexity index is 899. The van der Waals surface area contributed by atoms with Crippen molar-refractivity contribution < 1.29 is 0 Å². The molecule has 0 radical (unpaired) electrons. The molecule has 0 saturated heterocycles. The molecule has 32 heavy (non-hydrogen) atoms. The SMILES string of the molecule is C=CC([C@@H](C)[C@@H](C)[C@H](C)[C@H](C)N(c1ccccc1)c1ccccc1)N(C)c1ccccc1. The molecule has 0 amide bonds. The number of hydrogen-bond acceptors (Lipinski definition) is 2. The summed E-state index contributed by atoms with van der Waals surface area (Å²) in [5.41, 5.74) is 3.70. The van der Waals surface area contributed by atoms with Gasteiger partial charge >= 0.3 is 0 Å². The van der Waals surface area contributed by atoms with Gasteiger partial charge in [0.15, 0.2) is 0 Å². The molecule has 0 bridgehead atoms. The molecule has 5 atom stereocenters. The minimum Gasteiger partial charge on any atom is -0.368 e. The molecule has 0 saturated carbocycles. The van der Waals surface area contributed by atoms with Gasteiger partial charge in [0.05, 0.1) is 0 Å². The summed E-state index contributed by atoms with van der Waals surface area (Å²) in [5.74, 6) is 1.41. The Morgan fingerprint density at radius 2 is 1.00 bits per heavy atom. The molecule has 0 aliphatic carbocycles. The Labute approximate surface area is 195 Å². The average molecular weight is 427 g/mol. The van der Waals surface area contributed by atoms with Gasteiger partial charge in [-0.1, -0.05) is 81.4 Å². The van der Waals surface area contributed by atoms with Crippen LogP contribution in [0.25, 0.3) is 0 Å². The molecule has 1 unspecified atom stereocenters. The molecular formula is C30H38N2. The summed E-state index contributed by atoms with van der Waals surface area (Å²) in [6, 6.07) is 32.7. The number of hydrogen-bond donors (Lipinski definition) is 0. The Morgan fingerprint density at radius 3 is 1.41 bits per heavy atom. The molecule has 0 fully saturated rings. The largest absolute Gasteiger partial charge is 0.368 e. The summed E-state index contributed by atoms with van der Waals surface area (Å²) in [5, 5.41) is 0. The lowest BCUT2D eigenvalue weighted by molar-refractivity contribution is 0.233. The smallest absolute Gasteiger partial charge is 0.0495 e. The maximum absolute atomic E-state index is 4.19. The molecule has 0 spiro atoms. The van der Waals surface area contributed by atoms with Gasteiger partial charge in [-0.15, -0.1) is 6.58 Å². The van der Waals surface area contributed by atoms with Crippen molar-refractivity contribution in [2.24, 2.45) is 17.8 Å². The van der Waals surface area contributed by atoms with Crippen LogP contribution >= 0.6 is 0 Å². The first-order valence-electron chi connectivity index (χ1n) is 11.8. The van der Waals surface area contributed by atoms with Gasteiger partial charge in [-0.05, 0) is 61.1 Å². The molecule has 3 aromatic rings. The van der Waals surface area contributed by atoms with Crippen LogP contribution in [0.2, 0.25) is 0 Å². The van der Waals surface area contributed by atoms with E-state index in [4.69, 9.17) is 0 Å². The monoisotopic (exact) mass is 426 g/mol. The summed E-state index contributed by atoms with van der Waals surface area (Å²) in [6.07, 6.45) is 2.11. The predicted octanol–water partition coefficient (Wildman–Crippen LogP) is 7.81. The van der Waals surface area contributed by atoms with Crippen molar-refractivity contribution in [2.45, 2.75) is 39.8 Å². The van der Waals surface area contributed by atoms with Crippen LogP contribution in [-0.4, -0.2) is 19.1 Å². The average Bonchev–Trinajstić information content (AvgIpc) is 2.85. The van der Waals surface area contributed by atoms with Crippen molar-refractivity contribution in [1.29, 1.82) is 0 Å². The lowest BCUT2D eigenvalue weighted by Crippen LogP contribution is -2.43. The molecule has 0 heterocycles. The fourth-order valence-corrected chi connectivity index (χ4v) is 4.82. The first-order chi connectivity index (χ1) is 15.5. The number of anilines is 3. The van der Waals surface area contributed by atoms with Gasteiger partial charge in [0.2, 0.25) is 0 Å². The van der Waals surface area contributed by atoms with E-state index in [0.29, 0.717) is 23.8 Å². The number of para-hydroxylation sites is 3. The van der Waals surface area contributed by atoms with Crippen LogP contribution in [0.3, 0.4) is 0 Å². The van der Waals surface area contributed by atoms with Crippen molar-refractivity contribution >= 4 is 17.1 Å². The van der Waals surface area contributed by atoms with Crippen LogP contribution in [-0.2, 0) is 0 Å². The number of nitrogens with zero attached hydrogens (tertiary/aromatic N) is 2. The van der Waals surface area contributed by atoms with Crippen LogP contribution in [0.5, 0.6) is 0 Å². The van der Waals surface area contributed by atoms with E-state index >= 15 is 0 Å².